The fourth-order valence-electron chi connectivity index (χ4n) is 2.35. The molecule has 0 bridgehead atoms. The van der Waals surface area contributed by atoms with Gasteiger partial charge < -0.3 is 10.1 Å². The number of ether oxygens (including phenoxy) is 1. The Morgan fingerprint density at radius 3 is 2.54 bits per heavy atom. The van der Waals surface area contributed by atoms with Gasteiger partial charge in [-0.3, -0.25) is 10.1 Å². The maximum Gasteiger partial charge on any atom is 0.413 e. The van der Waals surface area contributed by atoms with Gasteiger partial charge in [0.25, 0.3) is 5.91 Å². The van der Waals surface area contributed by atoms with E-state index in [0.717, 1.165) is 16.9 Å². The van der Waals surface area contributed by atoms with Crippen LogP contribution < -0.4 is 10.6 Å². The summed E-state index contributed by atoms with van der Waals surface area (Å²) in [6, 6.07) is 13.9. The van der Waals surface area contributed by atoms with Crippen LogP contribution in [0.4, 0.5) is 14.9 Å². The molecule has 0 saturated carbocycles. The van der Waals surface area contributed by atoms with E-state index >= 15 is 0 Å². The highest BCUT2D eigenvalue weighted by Crippen LogP contribution is 2.36. The summed E-state index contributed by atoms with van der Waals surface area (Å²) in [6.07, 6.45) is -0.616. The minimum absolute atomic E-state index is 0.237. The number of hydrogen-bond donors (Lipinski definition) is 2. The van der Waals surface area contributed by atoms with E-state index in [1.807, 2.05) is 30.3 Å². The zero-order valence-corrected chi connectivity index (χ0v) is 17.0. The van der Waals surface area contributed by atoms with Gasteiger partial charge in [0.15, 0.2) is 5.13 Å². The lowest BCUT2D eigenvalue weighted by molar-refractivity contribution is 0.102. The van der Waals surface area contributed by atoms with E-state index in [1.54, 1.807) is 19.1 Å². The summed E-state index contributed by atoms with van der Waals surface area (Å²) in [7, 11) is 0. The molecule has 2 amide bonds. The van der Waals surface area contributed by atoms with Gasteiger partial charge in [0.05, 0.1) is 17.2 Å². The average molecular weight is 436 g/mol. The van der Waals surface area contributed by atoms with Crippen LogP contribution in [0, 0.1) is 0 Å². The predicted octanol–water partition coefficient (Wildman–Crippen LogP) is 5.94. The van der Waals surface area contributed by atoms with Gasteiger partial charge in [-0.2, -0.15) is 0 Å². The molecule has 9 heteroatoms. The first-order chi connectivity index (χ1) is 13.5. The summed E-state index contributed by atoms with van der Waals surface area (Å²) in [6.45, 7) is 1.94. The number of aromatic nitrogens is 1. The summed E-state index contributed by atoms with van der Waals surface area (Å²) >= 11 is 13.1. The van der Waals surface area contributed by atoms with Crippen molar-refractivity contribution < 1.29 is 14.3 Å². The molecule has 0 saturated heterocycles. The predicted molar refractivity (Wildman–Crippen MR) is 113 cm³/mol. The van der Waals surface area contributed by atoms with E-state index in [9.17, 15) is 9.59 Å². The molecule has 0 atom stereocenters. The van der Waals surface area contributed by atoms with Crippen LogP contribution in [0.25, 0.3) is 11.3 Å². The first-order valence-corrected chi connectivity index (χ1v) is 9.81. The Morgan fingerprint density at radius 1 is 1.11 bits per heavy atom. The molecule has 1 aromatic heterocycles. The monoisotopic (exact) mass is 435 g/mol. The summed E-state index contributed by atoms with van der Waals surface area (Å²) in [5.41, 5.74) is 1.59. The second-order valence-electron chi connectivity index (χ2n) is 5.49. The maximum atomic E-state index is 12.7. The lowest BCUT2D eigenvalue weighted by Crippen LogP contribution is -2.12. The lowest BCUT2D eigenvalue weighted by Gasteiger charge is -2.07. The van der Waals surface area contributed by atoms with E-state index < -0.39 is 12.0 Å². The van der Waals surface area contributed by atoms with Gasteiger partial charge in [-0.05, 0) is 25.1 Å². The molecule has 0 aliphatic rings. The van der Waals surface area contributed by atoms with Crippen molar-refractivity contribution in [2.24, 2.45) is 0 Å². The molecule has 144 valence electrons. The summed E-state index contributed by atoms with van der Waals surface area (Å²) in [5, 5.41) is 6.80. The Bertz CT molecular complexity index is 1010. The third-order valence-corrected chi connectivity index (χ3v) is 5.00. The number of carbonyl (C=O) groups excluding carboxylic acids is 2. The van der Waals surface area contributed by atoms with E-state index in [2.05, 4.69) is 15.6 Å². The van der Waals surface area contributed by atoms with Crippen molar-refractivity contribution in [2.75, 3.05) is 17.2 Å². The number of thiazole rings is 1. The van der Waals surface area contributed by atoms with Crippen molar-refractivity contribution >= 4 is 56.7 Å². The topological polar surface area (TPSA) is 80.3 Å². The molecule has 0 spiro atoms. The summed E-state index contributed by atoms with van der Waals surface area (Å²) < 4.78 is 4.88. The van der Waals surface area contributed by atoms with E-state index in [1.165, 1.54) is 6.07 Å². The van der Waals surface area contributed by atoms with Crippen LogP contribution in [0.1, 0.15) is 17.3 Å². The number of amides is 2. The summed E-state index contributed by atoms with van der Waals surface area (Å²) in [5.74, 6) is -0.412. The van der Waals surface area contributed by atoms with Crippen molar-refractivity contribution in [1.82, 2.24) is 4.98 Å². The van der Waals surface area contributed by atoms with Crippen LogP contribution in [0.3, 0.4) is 0 Å². The van der Waals surface area contributed by atoms with Gasteiger partial charge >= 0.3 is 6.09 Å². The lowest BCUT2D eigenvalue weighted by atomic mass is 10.1. The number of nitrogens with zero attached hydrogens (tertiary/aromatic N) is 1. The van der Waals surface area contributed by atoms with Gasteiger partial charge in [0.2, 0.25) is 0 Å². The molecule has 3 aromatic rings. The summed E-state index contributed by atoms with van der Waals surface area (Å²) in [4.78, 5) is 28.8. The Kier molecular flexibility index (Phi) is 6.51. The molecule has 0 aliphatic heterocycles. The molecule has 2 aromatic carbocycles. The molecule has 28 heavy (non-hydrogen) atoms. The number of halogens is 2. The highest BCUT2D eigenvalue weighted by atomic mass is 35.5. The molecule has 0 fully saturated rings. The van der Waals surface area contributed by atoms with Crippen molar-refractivity contribution in [1.29, 1.82) is 0 Å². The zero-order valence-electron chi connectivity index (χ0n) is 14.7. The molecule has 0 unspecified atom stereocenters. The van der Waals surface area contributed by atoms with Gasteiger partial charge in [-0.1, -0.05) is 64.9 Å². The van der Waals surface area contributed by atoms with Crippen LogP contribution in [0.15, 0.2) is 48.5 Å². The quantitative estimate of drug-likeness (QED) is 0.519. The highest BCUT2D eigenvalue weighted by molar-refractivity contribution is 7.20. The smallest absolute Gasteiger partial charge is 0.413 e. The maximum absolute atomic E-state index is 12.7. The van der Waals surface area contributed by atoms with Crippen molar-refractivity contribution in [3.63, 3.8) is 0 Å². The first kappa shape index (κ1) is 20.1. The third kappa shape index (κ3) is 4.81. The molecule has 2 N–H and O–H groups in total. The number of rotatable bonds is 5. The van der Waals surface area contributed by atoms with Gasteiger partial charge in [0, 0.05) is 10.6 Å². The molecule has 0 aliphatic carbocycles. The standard InChI is InChI=1S/C19H15Cl2N3O3S/c1-2-27-19(26)24-18-22-15(11-6-4-3-5-7-11)17(28-18)23-16(25)13-9-8-12(20)10-14(13)21/h3-10H,2H2,1H3,(H,23,25)(H,22,24,26). The number of carbonyl (C=O) groups is 2. The van der Waals surface area contributed by atoms with Crippen LogP contribution in [0.5, 0.6) is 0 Å². The van der Waals surface area contributed by atoms with Crippen molar-refractivity contribution in [3.05, 3.63) is 64.1 Å². The van der Waals surface area contributed by atoms with Crippen LogP contribution in [-0.2, 0) is 4.74 Å². The van der Waals surface area contributed by atoms with E-state index in [-0.39, 0.29) is 17.2 Å². The molecule has 0 radical (unpaired) electrons. The van der Waals surface area contributed by atoms with Crippen LogP contribution in [0.2, 0.25) is 10.0 Å². The number of anilines is 2. The number of nitrogens with one attached hydrogen (secondary N) is 2. The largest absolute Gasteiger partial charge is 0.450 e. The van der Waals surface area contributed by atoms with Crippen LogP contribution >= 0.6 is 34.5 Å². The highest BCUT2D eigenvalue weighted by Gasteiger charge is 2.19. The Balaban J connectivity index is 1.92. The SMILES string of the molecule is CCOC(=O)Nc1nc(-c2ccccc2)c(NC(=O)c2ccc(Cl)cc2Cl)s1. The van der Waals surface area contributed by atoms with Gasteiger partial charge in [0.1, 0.15) is 10.7 Å². The molecular weight excluding hydrogens is 421 g/mol. The Morgan fingerprint density at radius 2 is 1.86 bits per heavy atom. The fraction of sp³-hybridized carbons (Fsp3) is 0.105. The van der Waals surface area contributed by atoms with Crippen molar-refractivity contribution in [3.8, 4) is 11.3 Å². The molecule has 6 nitrogen and oxygen atoms in total. The normalized spacial score (nSPS) is 10.4. The van der Waals surface area contributed by atoms with E-state index in [0.29, 0.717) is 20.8 Å². The third-order valence-electron chi connectivity index (χ3n) is 3.56. The van der Waals surface area contributed by atoms with Gasteiger partial charge in [-0.25, -0.2) is 9.78 Å². The minimum Gasteiger partial charge on any atom is -0.450 e. The second-order valence-corrected chi connectivity index (χ2v) is 7.33. The van der Waals surface area contributed by atoms with E-state index in [4.69, 9.17) is 27.9 Å². The zero-order chi connectivity index (χ0) is 20.1. The molecule has 3 rings (SSSR count). The van der Waals surface area contributed by atoms with Crippen LogP contribution in [-0.4, -0.2) is 23.6 Å². The molecule has 1 heterocycles. The average Bonchev–Trinajstić information content (AvgIpc) is 3.04. The first-order valence-electron chi connectivity index (χ1n) is 8.24. The number of benzene rings is 2. The number of hydrogen-bond acceptors (Lipinski definition) is 5. The Hall–Kier alpha value is -2.61. The fourth-order valence-corrected chi connectivity index (χ4v) is 3.71. The molecular formula is C19H15Cl2N3O3S. The second kappa shape index (κ2) is 9.05. The van der Waals surface area contributed by atoms with Gasteiger partial charge in [-0.15, -0.1) is 0 Å². The Labute approximate surface area is 175 Å². The van der Waals surface area contributed by atoms with Crippen molar-refractivity contribution in [2.45, 2.75) is 6.92 Å². The minimum atomic E-state index is -0.616.